The lowest BCUT2D eigenvalue weighted by Gasteiger charge is -2.26. The third kappa shape index (κ3) is 5.62. The third-order valence-corrected chi connectivity index (χ3v) is 12.4. The Kier molecular flexibility index (Phi) is 7.75. The van der Waals surface area contributed by atoms with Crippen LogP contribution in [0.2, 0.25) is 0 Å². The summed E-state index contributed by atoms with van der Waals surface area (Å²) >= 11 is 1.87. The summed E-state index contributed by atoms with van der Waals surface area (Å²) in [7, 11) is 0. The van der Waals surface area contributed by atoms with Crippen LogP contribution < -0.4 is 4.90 Å². The second-order valence-corrected chi connectivity index (χ2v) is 15.6. The average molecular weight is 730 g/mol. The first-order chi connectivity index (χ1) is 27.7. The number of anilines is 3. The molecule has 0 spiro atoms. The van der Waals surface area contributed by atoms with Crippen LogP contribution in [-0.2, 0) is 0 Å². The van der Waals surface area contributed by atoms with Crippen LogP contribution in [-0.4, -0.2) is 0 Å². The number of benzene rings is 10. The van der Waals surface area contributed by atoms with Crippen LogP contribution in [0.5, 0.6) is 0 Å². The zero-order valence-corrected chi connectivity index (χ0v) is 31.4. The highest BCUT2D eigenvalue weighted by Gasteiger charge is 2.16. The molecule has 10 aromatic carbocycles. The first-order valence-corrected chi connectivity index (χ1v) is 20.0. The molecule has 0 radical (unpaired) electrons. The van der Waals surface area contributed by atoms with E-state index in [1.54, 1.807) is 0 Å². The number of hydrogen-bond acceptors (Lipinski definition) is 2. The fourth-order valence-corrected chi connectivity index (χ4v) is 9.56. The molecule has 0 bridgehead atoms. The van der Waals surface area contributed by atoms with Gasteiger partial charge in [-0.25, -0.2) is 0 Å². The van der Waals surface area contributed by atoms with Gasteiger partial charge in [0, 0.05) is 37.2 Å². The van der Waals surface area contributed by atoms with E-state index < -0.39 is 0 Å². The Bertz CT molecular complexity index is 3230. The van der Waals surface area contributed by atoms with Gasteiger partial charge >= 0.3 is 0 Å². The van der Waals surface area contributed by atoms with Crippen LogP contribution in [0.25, 0.3) is 85.9 Å². The van der Waals surface area contributed by atoms with Crippen molar-refractivity contribution >= 4 is 80.9 Å². The molecule has 2 heteroatoms. The second kappa shape index (κ2) is 13.4. The van der Waals surface area contributed by atoms with Crippen molar-refractivity contribution in [2.75, 3.05) is 4.90 Å². The lowest BCUT2D eigenvalue weighted by Crippen LogP contribution is -2.09. The molecule has 0 atom stereocenters. The predicted molar refractivity (Wildman–Crippen MR) is 243 cm³/mol. The van der Waals surface area contributed by atoms with Gasteiger partial charge in [-0.15, -0.1) is 11.3 Å². The molecule has 11 aromatic rings. The van der Waals surface area contributed by atoms with Crippen molar-refractivity contribution in [3.8, 4) is 33.4 Å². The summed E-state index contributed by atoms with van der Waals surface area (Å²) in [5.41, 5.74) is 10.6. The maximum absolute atomic E-state index is 2.37. The van der Waals surface area contributed by atoms with Crippen molar-refractivity contribution in [2.24, 2.45) is 0 Å². The van der Waals surface area contributed by atoms with Crippen LogP contribution >= 0.6 is 11.3 Å². The number of nitrogens with zero attached hydrogens (tertiary/aromatic N) is 1. The Morgan fingerprint density at radius 2 is 0.750 bits per heavy atom. The summed E-state index contributed by atoms with van der Waals surface area (Å²) < 4.78 is 2.65. The minimum absolute atomic E-state index is 1.11. The summed E-state index contributed by atoms with van der Waals surface area (Å²) in [6, 6.07) is 77.7. The van der Waals surface area contributed by atoms with Crippen molar-refractivity contribution < 1.29 is 0 Å². The van der Waals surface area contributed by atoms with Gasteiger partial charge in [0.1, 0.15) is 0 Å². The first-order valence-electron chi connectivity index (χ1n) is 19.2. The Hall–Kier alpha value is -7.00. The molecule has 262 valence electrons. The molecule has 0 N–H and O–H groups in total. The SMILES string of the molecule is c1ccc2cc(-c3ccc(N(c4ccc(-c5ccc6c(c5)sc5ccccc56)cc4)c4ccc(-c5cc6ccccc6c6ccccc56)cc4)cc3)ccc2c1. The minimum atomic E-state index is 1.11. The van der Waals surface area contributed by atoms with Crippen molar-refractivity contribution in [1.82, 2.24) is 0 Å². The van der Waals surface area contributed by atoms with E-state index in [-0.39, 0.29) is 0 Å². The maximum Gasteiger partial charge on any atom is 0.0462 e. The van der Waals surface area contributed by atoms with Crippen molar-refractivity contribution in [2.45, 2.75) is 0 Å². The maximum atomic E-state index is 2.37. The lowest BCUT2D eigenvalue weighted by atomic mass is 9.93. The van der Waals surface area contributed by atoms with E-state index in [0.29, 0.717) is 0 Å². The summed E-state index contributed by atoms with van der Waals surface area (Å²) in [5.74, 6) is 0. The van der Waals surface area contributed by atoms with Gasteiger partial charge in [-0.05, 0) is 126 Å². The van der Waals surface area contributed by atoms with Gasteiger partial charge < -0.3 is 4.90 Å². The second-order valence-electron chi connectivity index (χ2n) is 14.5. The molecule has 0 aliphatic heterocycles. The largest absolute Gasteiger partial charge is 0.311 e. The van der Waals surface area contributed by atoms with E-state index >= 15 is 0 Å². The minimum Gasteiger partial charge on any atom is -0.311 e. The van der Waals surface area contributed by atoms with E-state index in [9.17, 15) is 0 Å². The Morgan fingerprint density at radius 3 is 1.45 bits per heavy atom. The number of fused-ring (bicyclic) bond motifs is 7. The monoisotopic (exact) mass is 729 g/mol. The highest BCUT2D eigenvalue weighted by molar-refractivity contribution is 7.25. The average Bonchev–Trinajstić information content (AvgIpc) is 3.65. The molecule has 1 aromatic heterocycles. The molecule has 56 heavy (non-hydrogen) atoms. The van der Waals surface area contributed by atoms with Crippen LogP contribution in [0.3, 0.4) is 0 Å². The molecule has 0 amide bonds. The molecular formula is C54H35NS. The predicted octanol–water partition coefficient (Wildman–Crippen LogP) is 16.0. The fraction of sp³-hybridized carbons (Fsp3) is 0. The van der Waals surface area contributed by atoms with Crippen molar-refractivity contribution in [3.05, 3.63) is 212 Å². The van der Waals surface area contributed by atoms with Gasteiger partial charge in [-0.2, -0.15) is 0 Å². The van der Waals surface area contributed by atoms with E-state index in [4.69, 9.17) is 0 Å². The quantitative estimate of drug-likeness (QED) is 0.154. The Balaban J connectivity index is 0.988. The smallest absolute Gasteiger partial charge is 0.0462 e. The lowest BCUT2D eigenvalue weighted by molar-refractivity contribution is 1.28. The summed E-state index contributed by atoms with van der Waals surface area (Å²) in [6.45, 7) is 0. The molecule has 0 saturated carbocycles. The summed E-state index contributed by atoms with van der Waals surface area (Å²) in [4.78, 5) is 2.37. The number of thiophene rings is 1. The van der Waals surface area contributed by atoms with Crippen LogP contribution in [0.15, 0.2) is 212 Å². The van der Waals surface area contributed by atoms with Gasteiger partial charge in [0.15, 0.2) is 0 Å². The standard InChI is InChI=1S/C54H35NS/c1-2-10-40-33-41(18-17-36(40)9-1)37-19-26-44(27-20-37)55(45-28-21-38(22-29-45)42-25-32-51-50-15-7-8-16-53(50)56-54(51)35-42)46-30-23-39(24-31-46)52-34-43-11-3-4-12-47(43)48-13-5-6-14-49(48)52/h1-35H. The van der Waals surface area contributed by atoms with E-state index in [2.05, 4.69) is 217 Å². The van der Waals surface area contributed by atoms with E-state index in [1.807, 2.05) is 11.3 Å². The molecule has 0 aliphatic carbocycles. The zero-order valence-electron chi connectivity index (χ0n) is 30.6. The van der Waals surface area contributed by atoms with E-state index in [1.165, 1.54) is 85.9 Å². The fourth-order valence-electron chi connectivity index (χ4n) is 8.41. The number of rotatable bonds is 6. The molecule has 11 rings (SSSR count). The van der Waals surface area contributed by atoms with Crippen LogP contribution in [0, 0.1) is 0 Å². The van der Waals surface area contributed by atoms with Gasteiger partial charge in [0.2, 0.25) is 0 Å². The highest BCUT2D eigenvalue weighted by atomic mass is 32.1. The molecule has 1 nitrogen and oxygen atoms in total. The van der Waals surface area contributed by atoms with Crippen molar-refractivity contribution in [3.63, 3.8) is 0 Å². The summed E-state index contributed by atoms with van der Waals surface area (Å²) in [6.07, 6.45) is 0. The third-order valence-electron chi connectivity index (χ3n) is 11.3. The first kappa shape index (κ1) is 32.4. The summed E-state index contributed by atoms with van der Waals surface area (Å²) in [5, 5.41) is 10.3. The van der Waals surface area contributed by atoms with Gasteiger partial charge in [0.05, 0.1) is 0 Å². The molecule has 1 heterocycles. The van der Waals surface area contributed by atoms with Gasteiger partial charge in [-0.1, -0.05) is 152 Å². The molecule has 0 fully saturated rings. The molecule has 0 unspecified atom stereocenters. The molecule has 0 aliphatic rings. The Labute approximate surface area is 330 Å². The van der Waals surface area contributed by atoms with Crippen LogP contribution in [0.4, 0.5) is 17.1 Å². The van der Waals surface area contributed by atoms with Crippen molar-refractivity contribution in [1.29, 1.82) is 0 Å². The van der Waals surface area contributed by atoms with Crippen LogP contribution in [0.1, 0.15) is 0 Å². The normalized spacial score (nSPS) is 11.6. The zero-order chi connectivity index (χ0) is 37.0. The molecule has 0 saturated heterocycles. The Morgan fingerprint density at radius 1 is 0.268 bits per heavy atom. The molecular weight excluding hydrogens is 695 g/mol. The van der Waals surface area contributed by atoms with Gasteiger partial charge in [0.25, 0.3) is 0 Å². The van der Waals surface area contributed by atoms with E-state index in [0.717, 1.165) is 17.1 Å². The topological polar surface area (TPSA) is 3.24 Å². The number of hydrogen-bond donors (Lipinski definition) is 0. The highest BCUT2D eigenvalue weighted by Crippen LogP contribution is 2.41. The van der Waals surface area contributed by atoms with Gasteiger partial charge in [-0.3, -0.25) is 0 Å².